The van der Waals surface area contributed by atoms with Crippen molar-refractivity contribution in [3.05, 3.63) is 29.8 Å². The van der Waals surface area contributed by atoms with Gasteiger partial charge in [0, 0.05) is 32.4 Å². The molecule has 0 aromatic heterocycles. The second-order valence-corrected chi connectivity index (χ2v) is 6.65. The molecule has 1 aromatic rings. The Labute approximate surface area is 122 Å². The van der Waals surface area contributed by atoms with E-state index in [-0.39, 0.29) is 11.6 Å². The lowest BCUT2D eigenvalue weighted by Crippen LogP contribution is -2.47. The fourth-order valence-corrected chi connectivity index (χ4v) is 3.57. The molecule has 1 aromatic carbocycles. The summed E-state index contributed by atoms with van der Waals surface area (Å²) < 4.78 is 6.02. The molecule has 3 heteroatoms. The molecule has 2 aliphatic rings. The summed E-state index contributed by atoms with van der Waals surface area (Å²) in [6.07, 6.45) is 6.01. The first kappa shape index (κ1) is 13.9. The van der Waals surface area contributed by atoms with E-state index in [0.717, 1.165) is 19.4 Å². The maximum absolute atomic E-state index is 6.56. The molecule has 0 radical (unpaired) electrons. The lowest BCUT2D eigenvalue weighted by molar-refractivity contribution is -0.146. The number of rotatable bonds is 3. The summed E-state index contributed by atoms with van der Waals surface area (Å²) in [5, 5.41) is 0. The highest BCUT2D eigenvalue weighted by Crippen LogP contribution is 2.46. The summed E-state index contributed by atoms with van der Waals surface area (Å²) in [4.78, 5) is 2.13. The second-order valence-electron chi connectivity index (χ2n) is 6.65. The zero-order valence-corrected chi connectivity index (χ0v) is 12.6. The highest BCUT2D eigenvalue weighted by atomic mass is 16.5. The van der Waals surface area contributed by atoms with Crippen molar-refractivity contribution >= 4 is 5.69 Å². The molecule has 0 amide bonds. The molecule has 0 bridgehead atoms. The molecule has 1 saturated heterocycles. The molecule has 1 saturated carbocycles. The van der Waals surface area contributed by atoms with Gasteiger partial charge in [0.2, 0.25) is 0 Å². The summed E-state index contributed by atoms with van der Waals surface area (Å²) in [6.45, 7) is 0.881. The Bertz CT molecular complexity index is 468. The zero-order valence-electron chi connectivity index (χ0n) is 12.6. The second kappa shape index (κ2) is 5.38. The van der Waals surface area contributed by atoms with Crippen LogP contribution in [0.2, 0.25) is 0 Å². The van der Waals surface area contributed by atoms with E-state index in [0.29, 0.717) is 5.92 Å². The number of anilines is 1. The standard InChI is InChI=1S/C17H26N2O/c1-19(2)15-6-3-5-13(11-15)16(18)14-7-10-20-17(12-14)8-4-9-17/h3,5-6,11,14,16H,4,7-10,12,18H2,1-2H3. The first-order valence-electron chi connectivity index (χ1n) is 7.76. The predicted octanol–water partition coefficient (Wildman–Crippen LogP) is 3.10. The Kier molecular flexibility index (Phi) is 3.74. The molecule has 1 aliphatic heterocycles. The Morgan fingerprint density at radius 3 is 2.80 bits per heavy atom. The van der Waals surface area contributed by atoms with Crippen molar-refractivity contribution in [3.8, 4) is 0 Å². The van der Waals surface area contributed by atoms with E-state index in [1.54, 1.807) is 0 Å². The Balaban J connectivity index is 1.74. The molecule has 3 nitrogen and oxygen atoms in total. The third-order valence-corrected chi connectivity index (χ3v) is 5.08. The van der Waals surface area contributed by atoms with Crippen molar-refractivity contribution in [1.29, 1.82) is 0 Å². The molecule has 110 valence electrons. The van der Waals surface area contributed by atoms with Crippen LogP contribution in [0.3, 0.4) is 0 Å². The molecular weight excluding hydrogens is 248 g/mol. The van der Waals surface area contributed by atoms with Gasteiger partial charge in [0.1, 0.15) is 0 Å². The molecule has 2 atom stereocenters. The number of nitrogens with zero attached hydrogens (tertiary/aromatic N) is 1. The fourth-order valence-electron chi connectivity index (χ4n) is 3.57. The minimum absolute atomic E-state index is 0.135. The maximum atomic E-state index is 6.56. The van der Waals surface area contributed by atoms with Gasteiger partial charge in [0.25, 0.3) is 0 Å². The largest absolute Gasteiger partial charge is 0.378 e. The Hall–Kier alpha value is -1.06. The van der Waals surface area contributed by atoms with Gasteiger partial charge in [-0.2, -0.15) is 0 Å². The molecule has 3 rings (SSSR count). The van der Waals surface area contributed by atoms with E-state index in [4.69, 9.17) is 10.5 Å². The molecule has 1 aliphatic carbocycles. The molecule has 1 spiro atoms. The van der Waals surface area contributed by atoms with Crippen molar-refractivity contribution < 1.29 is 4.74 Å². The van der Waals surface area contributed by atoms with Gasteiger partial charge in [-0.05, 0) is 55.7 Å². The van der Waals surface area contributed by atoms with Crippen molar-refractivity contribution in [2.75, 3.05) is 25.6 Å². The normalized spacial score (nSPS) is 26.1. The third kappa shape index (κ3) is 2.57. The predicted molar refractivity (Wildman–Crippen MR) is 83.0 cm³/mol. The molecular formula is C17H26N2O. The van der Waals surface area contributed by atoms with Gasteiger partial charge < -0.3 is 15.4 Å². The summed E-state index contributed by atoms with van der Waals surface area (Å²) in [6, 6.07) is 8.78. The van der Waals surface area contributed by atoms with Crippen LogP contribution in [-0.4, -0.2) is 26.3 Å². The summed E-state index contributed by atoms with van der Waals surface area (Å²) in [7, 11) is 4.14. The topological polar surface area (TPSA) is 38.5 Å². The van der Waals surface area contributed by atoms with Crippen LogP contribution in [-0.2, 0) is 4.74 Å². The maximum Gasteiger partial charge on any atom is 0.0686 e. The monoisotopic (exact) mass is 274 g/mol. The number of hydrogen-bond donors (Lipinski definition) is 1. The average molecular weight is 274 g/mol. The van der Waals surface area contributed by atoms with Crippen LogP contribution in [0, 0.1) is 5.92 Å². The van der Waals surface area contributed by atoms with Crippen LogP contribution in [0.1, 0.15) is 43.7 Å². The van der Waals surface area contributed by atoms with Crippen LogP contribution in [0.5, 0.6) is 0 Å². The number of hydrogen-bond acceptors (Lipinski definition) is 3. The van der Waals surface area contributed by atoms with Crippen molar-refractivity contribution in [1.82, 2.24) is 0 Å². The van der Waals surface area contributed by atoms with Gasteiger partial charge in [0.15, 0.2) is 0 Å². The zero-order chi connectivity index (χ0) is 14.2. The van der Waals surface area contributed by atoms with Gasteiger partial charge in [-0.3, -0.25) is 0 Å². The molecule has 2 N–H and O–H groups in total. The van der Waals surface area contributed by atoms with Crippen LogP contribution < -0.4 is 10.6 Å². The highest BCUT2D eigenvalue weighted by molar-refractivity contribution is 5.47. The van der Waals surface area contributed by atoms with Crippen molar-refractivity contribution in [3.63, 3.8) is 0 Å². The highest BCUT2D eigenvalue weighted by Gasteiger charge is 2.43. The summed E-state index contributed by atoms with van der Waals surface area (Å²) in [5.41, 5.74) is 9.23. The van der Waals surface area contributed by atoms with Gasteiger partial charge >= 0.3 is 0 Å². The molecule has 2 fully saturated rings. The quantitative estimate of drug-likeness (QED) is 0.920. The third-order valence-electron chi connectivity index (χ3n) is 5.08. The Morgan fingerprint density at radius 1 is 1.35 bits per heavy atom. The fraction of sp³-hybridized carbons (Fsp3) is 0.647. The van der Waals surface area contributed by atoms with Crippen LogP contribution in [0.4, 0.5) is 5.69 Å². The van der Waals surface area contributed by atoms with Crippen molar-refractivity contribution in [2.45, 2.75) is 43.7 Å². The van der Waals surface area contributed by atoms with Gasteiger partial charge in [-0.15, -0.1) is 0 Å². The number of benzene rings is 1. The average Bonchev–Trinajstić information content (AvgIpc) is 2.45. The summed E-state index contributed by atoms with van der Waals surface area (Å²) in [5.74, 6) is 0.557. The van der Waals surface area contributed by atoms with E-state index >= 15 is 0 Å². The minimum Gasteiger partial charge on any atom is -0.378 e. The van der Waals surface area contributed by atoms with E-state index in [1.165, 1.54) is 30.5 Å². The minimum atomic E-state index is 0.135. The van der Waals surface area contributed by atoms with E-state index in [9.17, 15) is 0 Å². The lowest BCUT2D eigenvalue weighted by Gasteiger charge is -2.48. The van der Waals surface area contributed by atoms with E-state index in [2.05, 4.69) is 43.3 Å². The van der Waals surface area contributed by atoms with Crippen molar-refractivity contribution in [2.24, 2.45) is 11.7 Å². The van der Waals surface area contributed by atoms with Gasteiger partial charge in [0.05, 0.1) is 5.60 Å². The van der Waals surface area contributed by atoms with E-state index < -0.39 is 0 Å². The number of ether oxygens (including phenoxy) is 1. The molecule has 2 unspecified atom stereocenters. The number of nitrogens with two attached hydrogens (primary N) is 1. The first-order chi connectivity index (χ1) is 9.60. The van der Waals surface area contributed by atoms with Gasteiger partial charge in [-0.25, -0.2) is 0 Å². The molecule has 20 heavy (non-hydrogen) atoms. The van der Waals surface area contributed by atoms with Crippen LogP contribution >= 0.6 is 0 Å². The Morgan fingerprint density at radius 2 is 2.15 bits per heavy atom. The lowest BCUT2D eigenvalue weighted by atomic mass is 9.70. The van der Waals surface area contributed by atoms with Crippen LogP contribution in [0.25, 0.3) is 0 Å². The molecule has 1 heterocycles. The smallest absolute Gasteiger partial charge is 0.0686 e. The SMILES string of the molecule is CN(C)c1cccc(C(N)C2CCOC3(CCC3)C2)c1. The van der Waals surface area contributed by atoms with Gasteiger partial charge in [-0.1, -0.05) is 12.1 Å². The van der Waals surface area contributed by atoms with Crippen LogP contribution in [0.15, 0.2) is 24.3 Å². The van der Waals surface area contributed by atoms with E-state index in [1.807, 2.05) is 0 Å². The first-order valence-corrected chi connectivity index (χ1v) is 7.76. The summed E-state index contributed by atoms with van der Waals surface area (Å²) >= 11 is 0.